The molecule has 53 heavy (non-hydrogen) atoms. The molecule has 0 unspecified atom stereocenters. The molecule has 292 valence electrons. The van der Waals surface area contributed by atoms with Gasteiger partial charge in [-0.2, -0.15) is 0 Å². The van der Waals surface area contributed by atoms with Crippen LogP contribution in [0.25, 0.3) is 0 Å². The van der Waals surface area contributed by atoms with E-state index >= 15 is 0 Å². The average Bonchev–Trinajstić information content (AvgIpc) is 3.15. The zero-order valence-corrected chi connectivity index (χ0v) is 30.4. The molecule has 0 spiro atoms. The molecule has 1 aromatic rings. The van der Waals surface area contributed by atoms with Crippen LogP contribution in [-0.2, 0) is 42.8 Å². The third-order valence-electron chi connectivity index (χ3n) is 7.40. The van der Waals surface area contributed by atoms with Gasteiger partial charge in [0.15, 0.2) is 0 Å². The molecule has 0 aliphatic heterocycles. The van der Waals surface area contributed by atoms with Crippen molar-refractivity contribution in [3.63, 3.8) is 0 Å². The Balaban J connectivity index is 2.96. The number of phenolic OH excluding ortho intramolecular Hbond substituents is 1. The Morgan fingerprint density at radius 3 is 1.28 bits per heavy atom. The van der Waals surface area contributed by atoms with Crippen molar-refractivity contribution in [1.82, 2.24) is 21.3 Å². The van der Waals surface area contributed by atoms with Crippen molar-refractivity contribution in [2.75, 3.05) is 98.9 Å². The molecule has 0 fully saturated rings. The Morgan fingerprint density at radius 2 is 0.925 bits per heavy atom. The number of ether oxygens (including phenoxy) is 6. The van der Waals surface area contributed by atoms with E-state index in [9.17, 15) is 24.3 Å². The summed E-state index contributed by atoms with van der Waals surface area (Å²) in [6.07, 6.45) is 15.6. The van der Waals surface area contributed by atoms with Crippen molar-refractivity contribution in [2.45, 2.75) is 44.1 Å². The van der Waals surface area contributed by atoms with Crippen LogP contribution < -0.4 is 21.3 Å². The van der Waals surface area contributed by atoms with Gasteiger partial charge in [0.2, 0.25) is 17.7 Å². The molecule has 5 N–H and O–H groups in total. The maximum absolute atomic E-state index is 13.5. The molecular weight excluding hydrogens is 688 g/mol. The number of hydrogen-bond acceptors (Lipinski definition) is 11. The molecule has 0 atom stereocenters. The molecule has 4 amide bonds. The van der Waals surface area contributed by atoms with Gasteiger partial charge < -0.3 is 54.8 Å². The van der Waals surface area contributed by atoms with Crippen LogP contribution >= 0.6 is 0 Å². The normalized spacial score (nSPS) is 10.7. The summed E-state index contributed by atoms with van der Waals surface area (Å²) in [5.74, 6) is 5.26. The molecular formula is C38H54N4O11. The molecule has 0 bridgehead atoms. The number of carbonyl (C=O) groups excluding carboxylic acids is 4. The standard InChI is InChI=1S/C38H54N4O11/c1-4-20-48-26-29-51-23-17-39-34(44)11-14-38(42-37(47)32-9-7-8-10-33(32)43,15-12-35(45)40-18-24-52-30-27-49-21-5-2)16-13-36(46)41-19-25-53-31-28-50-22-6-3/h1-3,7-10,43H,11-31H2,(H,39,44)(H,40,45)(H,41,46)(H,42,47). The SMILES string of the molecule is C#CCOCCOCCNC(=O)CCC(CCC(=O)NCCOCCOCC#C)(CCC(=O)NCCOCCOCC#C)NC(=O)c1ccccc1O. The van der Waals surface area contributed by atoms with Crippen LogP contribution in [0.15, 0.2) is 24.3 Å². The molecule has 0 aliphatic rings. The topological polar surface area (TPSA) is 192 Å². The number of benzene rings is 1. The lowest BCUT2D eigenvalue weighted by atomic mass is 9.82. The summed E-state index contributed by atoms with van der Waals surface area (Å²) in [7, 11) is 0. The molecule has 0 aliphatic carbocycles. The third kappa shape index (κ3) is 24.3. The summed E-state index contributed by atoms with van der Waals surface area (Å²) in [5, 5.41) is 21.7. The van der Waals surface area contributed by atoms with E-state index < -0.39 is 11.4 Å². The van der Waals surface area contributed by atoms with Gasteiger partial charge in [-0.05, 0) is 31.4 Å². The highest BCUT2D eigenvalue weighted by Gasteiger charge is 2.34. The zero-order valence-electron chi connectivity index (χ0n) is 30.4. The smallest absolute Gasteiger partial charge is 0.255 e. The third-order valence-corrected chi connectivity index (χ3v) is 7.40. The molecule has 0 radical (unpaired) electrons. The second-order valence-electron chi connectivity index (χ2n) is 11.4. The van der Waals surface area contributed by atoms with Crippen molar-refractivity contribution in [3.8, 4) is 42.8 Å². The van der Waals surface area contributed by atoms with Gasteiger partial charge in [0.1, 0.15) is 25.6 Å². The van der Waals surface area contributed by atoms with Gasteiger partial charge >= 0.3 is 0 Å². The van der Waals surface area contributed by atoms with Crippen LogP contribution in [0.5, 0.6) is 5.75 Å². The molecule has 15 heteroatoms. The predicted octanol–water partition coefficient (Wildman–Crippen LogP) is 0.549. The number of aromatic hydroxyl groups is 1. The second-order valence-corrected chi connectivity index (χ2v) is 11.4. The Hall–Kier alpha value is -4.66. The Labute approximate surface area is 312 Å². The van der Waals surface area contributed by atoms with E-state index in [0.717, 1.165) is 0 Å². The molecule has 0 heterocycles. The fraction of sp³-hybridized carbons (Fsp3) is 0.579. The fourth-order valence-electron chi connectivity index (χ4n) is 4.70. The van der Waals surface area contributed by atoms with Crippen molar-refractivity contribution in [3.05, 3.63) is 29.8 Å². The van der Waals surface area contributed by atoms with E-state index in [2.05, 4.69) is 39.0 Å². The van der Waals surface area contributed by atoms with Crippen LogP contribution in [0.3, 0.4) is 0 Å². The average molecular weight is 743 g/mol. The van der Waals surface area contributed by atoms with Gasteiger partial charge in [-0.15, -0.1) is 19.3 Å². The van der Waals surface area contributed by atoms with Crippen LogP contribution in [0.2, 0.25) is 0 Å². The lowest BCUT2D eigenvalue weighted by molar-refractivity contribution is -0.121. The van der Waals surface area contributed by atoms with Gasteiger partial charge in [-0.3, -0.25) is 19.2 Å². The molecule has 1 rings (SSSR count). The van der Waals surface area contributed by atoms with E-state index in [1.807, 2.05) is 0 Å². The molecule has 0 saturated carbocycles. The summed E-state index contributed by atoms with van der Waals surface area (Å²) < 4.78 is 31.7. The van der Waals surface area contributed by atoms with Crippen LogP contribution in [0.1, 0.15) is 48.9 Å². The van der Waals surface area contributed by atoms with Crippen LogP contribution in [0, 0.1) is 37.0 Å². The summed E-state index contributed by atoms with van der Waals surface area (Å²) in [4.78, 5) is 52.3. The number of terminal acetylenes is 3. The number of phenols is 1. The van der Waals surface area contributed by atoms with Gasteiger partial charge in [0.25, 0.3) is 5.91 Å². The first-order chi connectivity index (χ1) is 25.8. The molecule has 0 aromatic heterocycles. The van der Waals surface area contributed by atoms with Crippen molar-refractivity contribution >= 4 is 23.6 Å². The summed E-state index contributed by atoms with van der Waals surface area (Å²) in [6, 6.07) is 6.00. The number of amides is 4. The van der Waals surface area contributed by atoms with Gasteiger partial charge in [-0.25, -0.2) is 0 Å². The minimum atomic E-state index is -1.20. The first-order valence-corrected chi connectivity index (χ1v) is 17.4. The van der Waals surface area contributed by atoms with Gasteiger partial charge in [0.05, 0.1) is 65.0 Å². The van der Waals surface area contributed by atoms with Crippen molar-refractivity contribution in [2.24, 2.45) is 0 Å². The number of para-hydroxylation sites is 1. The lowest BCUT2D eigenvalue weighted by Crippen LogP contribution is -2.50. The summed E-state index contributed by atoms with van der Waals surface area (Å²) in [5.41, 5.74) is -1.20. The molecule has 0 saturated heterocycles. The minimum absolute atomic E-state index is 0.00495. The first kappa shape index (κ1) is 46.4. The maximum Gasteiger partial charge on any atom is 0.255 e. The van der Waals surface area contributed by atoms with Crippen molar-refractivity contribution < 1.29 is 52.7 Å². The highest BCUT2D eigenvalue weighted by Crippen LogP contribution is 2.28. The highest BCUT2D eigenvalue weighted by molar-refractivity contribution is 5.97. The predicted molar refractivity (Wildman–Crippen MR) is 196 cm³/mol. The Morgan fingerprint density at radius 1 is 0.566 bits per heavy atom. The Bertz CT molecular complexity index is 1220. The molecule has 15 nitrogen and oxygen atoms in total. The van der Waals surface area contributed by atoms with E-state index in [0.29, 0.717) is 39.6 Å². The zero-order chi connectivity index (χ0) is 38.8. The van der Waals surface area contributed by atoms with Gasteiger partial charge in [0, 0.05) is 44.4 Å². The quantitative estimate of drug-likeness (QED) is 0.0512. The summed E-state index contributed by atoms with van der Waals surface area (Å²) in [6.45, 7) is 3.85. The van der Waals surface area contributed by atoms with E-state index in [-0.39, 0.29) is 127 Å². The number of rotatable bonds is 32. The number of nitrogens with one attached hydrogen (secondary N) is 4. The van der Waals surface area contributed by atoms with E-state index in [1.165, 1.54) is 12.1 Å². The minimum Gasteiger partial charge on any atom is -0.507 e. The lowest BCUT2D eigenvalue weighted by Gasteiger charge is -2.35. The Kier molecular flexibility index (Phi) is 27.0. The van der Waals surface area contributed by atoms with Crippen molar-refractivity contribution in [1.29, 1.82) is 0 Å². The first-order valence-electron chi connectivity index (χ1n) is 17.4. The number of hydrogen-bond donors (Lipinski definition) is 5. The second kappa shape index (κ2) is 30.9. The van der Waals surface area contributed by atoms with Crippen LogP contribution in [0.4, 0.5) is 0 Å². The van der Waals surface area contributed by atoms with Gasteiger partial charge in [-0.1, -0.05) is 29.9 Å². The maximum atomic E-state index is 13.5. The van der Waals surface area contributed by atoms with E-state index in [1.54, 1.807) is 12.1 Å². The fourth-order valence-corrected chi connectivity index (χ4v) is 4.70. The number of carbonyl (C=O) groups is 4. The highest BCUT2D eigenvalue weighted by atomic mass is 16.5. The largest absolute Gasteiger partial charge is 0.507 e. The van der Waals surface area contributed by atoms with E-state index in [4.69, 9.17) is 47.7 Å². The summed E-state index contributed by atoms with van der Waals surface area (Å²) >= 11 is 0. The van der Waals surface area contributed by atoms with Crippen LogP contribution in [-0.4, -0.2) is 133 Å². The molecule has 1 aromatic carbocycles. The monoisotopic (exact) mass is 742 g/mol.